The average Bonchev–Trinajstić information content (AvgIpc) is 3.09. The Hall–Kier alpha value is -3.79. The Bertz CT molecular complexity index is 1240. The summed E-state index contributed by atoms with van der Waals surface area (Å²) >= 11 is 1.23. The number of hydrogen-bond donors (Lipinski definition) is 0. The van der Waals surface area contributed by atoms with Gasteiger partial charge in [0.25, 0.3) is 11.6 Å². The first-order valence-electron chi connectivity index (χ1n) is 9.26. The summed E-state index contributed by atoms with van der Waals surface area (Å²) in [5.41, 5.74) is 1.06. The Balaban J connectivity index is 2.00. The maximum absolute atomic E-state index is 12.5. The van der Waals surface area contributed by atoms with Crippen molar-refractivity contribution in [2.75, 3.05) is 13.7 Å². The number of nitro benzene ring substituents is 1. The SMILES string of the molecule is CCOC(=O)Cn1c(=NC(=O)/C=C/c2cccc([N+](=O)[O-])c2)sc2cccc(OC)c21. The third-order valence-electron chi connectivity index (χ3n) is 4.18. The molecule has 1 aromatic heterocycles. The molecular formula is C21H19N3O6S. The van der Waals surface area contributed by atoms with E-state index in [2.05, 4.69) is 4.99 Å². The number of amides is 1. The monoisotopic (exact) mass is 441 g/mol. The minimum absolute atomic E-state index is 0.0737. The van der Waals surface area contributed by atoms with Gasteiger partial charge in [0, 0.05) is 18.2 Å². The van der Waals surface area contributed by atoms with Crippen molar-refractivity contribution in [1.29, 1.82) is 0 Å². The largest absolute Gasteiger partial charge is 0.495 e. The Morgan fingerprint density at radius 3 is 2.74 bits per heavy atom. The second-order valence-corrected chi connectivity index (χ2v) is 7.23. The quantitative estimate of drug-likeness (QED) is 0.241. The lowest BCUT2D eigenvalue weighted by Crippen LogP contribution is -2.23. The first-order chi connectivity index (χ1) is 14.9. The predicted molar refractivity (Wildman–Crippen MR) is 116 cm³/mol. The van der Waals surface area contributed by atoms with E-state index in [0.29, 0.717) is 21.6 Å². The average molecular weight is 441 g/mol. The van der Waals surface area contributed by atoms with Gasteiger partial charge in [0.05, 0.1) is 23.3 Å². The number of ether oxygens (including phenoxy) is 2. The van der Waals surface area contributed by atoms with E-state index >= 15 is 0 Å². The highest BCUT2D eigenvalue weighted by atomic mass is 32.1. The van der Waals surface area contributed by atoms with Gasteiger partial charge in [-0.1, -0.05) is 29.5 Å². The highest BCUT2D eigenvalue weighted by Crippen LogP contribution is 2.27. The van der Waals surface area contributed by atoms with E-state index in [1.165, 1.54) is 48.8 Å². The molecule has 31 heavy (non-hydrogen) atoms. The molecule has 0 saturated heterocycles. The van der Waals surface area contributed by atoms with Gasteiger partial charge >= 0.3 is 5.97 Å². The summed E-state index contributed by atoms with van der Waals surface area (Å²) in [5, 5.41) is 10.9. The smallest absolute Gasteiger partial charge is 0.326 e. The lowest BCUT2D eigenvalue weighted by Gasteiger charge is -2.08. The molecule has 0 saturated carbocycles. The molecule has 0 spiro atoms. The van der Waals surface area contributed by atoms with E-state index in [1.807, 2.05) is 6.07 Å². The van der Waals surface area contributed by atoms with Crippen LogP contribution in [0.4, 0.5) is 5.69 Å². The van der Waals surface area contributed by atoms with Crippen molar-refractivity contribution < 1.29 is 24.0 Å². The lowest BCUT2D eigenvalue weighted by atomic mass is 10.2. The number of esters is 1. The summed E-state index contributed by atoms with van der Waals surface area (Å²) in [6, 6.07) is 11.3. The molecule has 0 bridgehead atoms. The van der Waals surface area contributed by atoms with Crippen LogP contribution in [0.1, 0.15) is 12.5 Å². The Morgan fingerprint density at radius 1 is 1.26 bits per heavy atom. The van der Waals surface area contributed by atoms with Crippen LogP contribution in [-0.2, 0) is 20.9 Å². The molecule has 0 fully saturated rings. The number of carbonyl (C=O) groups is 2. The fraction of sp³-hybridized carbons (Fsp3) is 0.190. The Kier molecular flexibility index (Phi) is 6.93. The van der Waals surface area contributed by atoms with Crippen LogP contribution in [0.5, 0.6) is 5.75 Å². The minimum atomic E-state index is -0.574. The zero-order chi connectivity index (χ0) is 22.4. The maximum Gasteiger partial charge on any atom is 0.326 e. The molecule has 0 radical (unpaired) electrons. The molecule has 10 heteroatoms. The van der Waals surface area contributed by atoms with Gasteiger partial charge in [-0.25, -0.2) is 0 Å². The lowest BCUT2D eigenvalue weighted by molar-refractivity contribution is -0.384. The van der Waals surface area contributed by atoms with Gasteiger partial charge in [-0.05, 0) is 30.7 Å². The van der Waals surface area contributed by atoms with E-state index < -0.39 is 16.8 Å². The number of benzene rings is 2. The van der Waals surface area contributed by atoms with Crippen LogP contribution in [0.25, 0.3) is 16.3 Å². The highest BCUT2D eigenvalue weighted by molar-refractivity contribution is 7.16. The van der Waals surface area contributed by atoms with E-state index in [1.54, 1.807) is 29.7 Å². The first kappa shape index (κ1) is 21.9. The molecule has 0 N–H and O–H groups in total. The van der Waals surface area contributed by atoms with Gasteiger partial charge < -0.3 is 14.0 Å². The van der Waals surface area contributed by atoms with Crippen LogP contribution in [0.3, 0.4) is 0 Å². The molecule has 3 aromatic rings. The maximum atomic E-state index is 12.5. The molecule has 0 atom stereocenters. The molecule has 0 aliphatic heterocycles. The summed E-state index contributed by atoms with van der Waals surface area (Å²) in [4.78, 5) is 39.4. The summed E-state index contributed by atoms with van der Waals surface area (Å²) in [6.45, 7) is 1.81. The fourth-order valence-electron chi connectivity index (χ4n) is 2.87. The van der Waals surface area contributed by atoms with Crippen LogP contribution in [0, 0.1) is 10.1 Å². The number of hydrogen-bond acceptors (Lipinski definition) is 7. The summed E-state index contributed by atoms with van der Waals surface area (Å²) in [7, 11) is 1.52. The van der Waals surface area contributed by atoms with Gasteiger partial charge in [-0.15, -0.1) is 0 Å². The number of methoxy groups -OCH3 is 1. The van der Waals surface area contributed by atoms with Gasteiger partial charge in [-0.3, -0.25) is 19.7 Å². The molecule has 9 nitrogen and oxygen atoms in total. The van der Waals surface area contributed by atoms with Gasteiger partial charge in [-0.2, -0.15) is 4.99 Å². The van der Waals surface area contributed by atoms with Crippen LogP contribution in [0.2, 0.25) is 0 Å². The number of aromatic nitrogens is 1. The first-order valence-corrected chi connectivity index (χ1v) is 10.1. The van der Waals surface area contributed by atoms with E-state index in [0.717, 1.165) is 4.70 Å². The molecule has 1 heterocycles. The Labute approximate surface area is 181 Å². The van der Waals surface area contributed by atoms with Gasteiger partial charge in [0.1, 0.15) is 17.8 Å². The fourth-order valence-corrected chi connectivity index (χ4v) is 3.92. The molecule has 160 valence electrons. The molecule has 1 amide bonds. The van der Waals surface area contributed by atoms with Crippen molar-refractivity contribution in [2.24, 2.45) is 4.99 Å². The third kappa shape index (κ3) is 5.23. The number of rotatable bonds is 7. The molecular weight excluding hydrogens is 422 g/mol. The standard InChI is InChI=1S/C21H19N3O6S/c1-3-30-19(26)13-23-20-16(29-2)8-5-9-17(20)31-21(23)22-18(25)11-10-14-6-4-7-15(12-14)24(27)28/h4-12H,3,13H2,1-2H3/b11-10+,22-21?. The van der Waals surface area contributed by atoms with E-state index in [-0.39, 0.29) is 18.8 Å². The number of non-ortho nitro benzene ring substituents is 1. The molecule has 0 aliphatic rings. The number of fused-ring (bicyclic) bond motifs is 1. The van der Waals surface area contributed by atoms with Crippen molar-refractivity contribution in [3.63, 3.8) is 0 Å². The molecule has 0 unspecified atom stereocenters. The summed E-state index contributed by atoms with van der Waals surface area (Å²) in [5.74, 6) is -0.497. The molecule has 3 rings (SSSR count). The molecule has 0 aliphatic carbocycles. The van der Waals surface area contributed by atoms with Crippen molar-refractivity contribution in [3.05, 3.63) is 69.0 Å². The number of thiazole rings is 1. The number of nitro groups is 1. The second kappa shape index (κ2) is 9.81. The van der Waals surface area contributed by atoms with Crippen molar-refractivity contribution in [2.45, 2.75) is 13.5 Å². The summed E-state index contributed by atoms with van der Waals surface area (Å²) < 4.78 is 12.8. The third-order valence-corrected chi connectivity index (χ3v) is 5.23. The number of para-hydroxylation sites is 1. The zero-order valence-corrected chi connectivity index (χ0v) is 17.6. The minimum Gasteiger partial charge on any atom is -0.495 e. The number of carbonyl (C=O) groups excluding carboxylic acids is 2. The van der Waals surface area contributed by atoms with Crippen LogP contribution >= 0.6 is 11.3 Å². The zero-order valence-electron chi connectivity index (χ0n) is 16.8. The number of nitrogens with zero attached hydrogens (tertiary/aromatic N) is 3. The van der Waals surface area contributed by atoms with Crippen LogP contribution in [-0.4, -0.2) is 35.1 Å². The summed E-state index contributed by atoms with van der Waals surface area (Å²) in [6.07, 6.45) is 2.66. The van der Waals surface area contributed by atoms with Crippen LogP contribution in [0.15, 0.2) is 53.5 Å². The van der Waals surface area contributed by atoms with Gasteiger partial charge in [0.15, 0.2) is 4.80 Å². The second-order valence-electron chi connectivity index (χ2n) is 6.22. The van der Waals surface area contributed by atoms with Crippen LogP contribution < -0.4 is 9.54 Å². The van der Waals surface area contributed by atoms with Crippen molar-refractivity contribution in [3.8, 4) is 5.75 Å². The van der Waals surface area contributed by atoms with Gasteiger partial charge in [0.2, 0.25) is 0 Å². The van der Waals surface area contributed by atoms with Crippen molar-refractivity contribution in [1.82, 2.24) is 4.57 Å². The highest BCUT2D eigenvalue weighted by Gasteiger charge is 2.15. The van der Waals surface area contributed by atoms with Crippen molar-refractivity contribution >= 4 is 45.2 Å². The van der Waals surface area contributed by atoms with E-state index in [9.17, 15) is 19.7 Å². The Morgan fingerprint density at radius 2 is 2.03 bits per heavy atom. The topological polar surface area (TPSA) is 113 Å². The molecule has 2 aromatic carbocycles. The van der Waals surface area contributed by atoms with E-state index in [4.69, 9.17) is 9.47 Å². The normalized spacial score (nSPS) is 11.7. The predicted octanol–water partition coefficient (Wildman–Crippen LogP) is 3.32.